The minimum Gasteiger partial charge on any atom is -0.394 e. The van der Waals surface area contributed by atoms with Gasteiger partial charge in [-0.1, -0.05) is 0 Å². The first-order chi connectivity index (χ1) is 4.54. The van der Waals surface area contributed by atoms with Gasteiger partial charge in [0, 0.05) is 13.8 Å². The maximum absolute atomic E-state index is 9.81. The fourth-order valence-corrected chi connectivity index (χ4v) is 0.202. The van der Waals surface area contributed by atoms with Crippen molar-refractivity contribution in [2.24, 2.45) is 5.34 Å². The first-order valence-corrected chi connectivity index (χ1v) is 2.20. The Morgan fingerprint density at radius 1 is 1.30 bits per heavy atom. The number of esters is 2. The molecule has 0 radical (unpaired) electrons. The van der Waals surface area contributed by atoms with Crippen molar-refractivity contribution in [3.8, 4) is 0 Å². The van der Waals surface area contributed by atoms with E-state index in [0.717, 1.165) is 0 Å². The Morgan fingerprint density at radius 3 is 1.50 bits per heavy atom. The molecule has 0 rings (SSSR count). The quantitative estimate of drug-likeness (QED) is 0.230. The highest BCUT2D eigenvalue weighted by molar-refractivity contribution is 5.82. The molecule has 6 nitrogen and oxygen atoms in total. The lowest BCUT2D eigenvalue weighted by molar-refractivity contribution is -0.156. The van der Waals surface area contributed by atoms with Crippen molar-refractivity contribution in [1.29, 1.82) is 0 Å². The van der Waals surface area contributed by atoms with Crippen LogP contribution in [-0.2, 0) is 14.3 Å². The van der Waals surface area contributed by atoms with Crippen LogP contribution in [0.1, 0.15) is 13.8 Å². The van der Waals surface area contributed by atoms with Crippen molar-refractivity contribution in [1.82, 2.24) is 0 Å². The topological polar surface area (TPSA) is 93.0 Å². The number of carbonyl (C=O) groups excluding carboxylic acids is 2. The molecule has 0 aliphatic rings. The fraction of sp³-hybridized carbons (Fsp3) is 0.500. The van der Waals surface area contributed by atoms with Crippen LogP contribution in [0.3, 0.4) is 0 Å². The Hall–Kier alpha value is -1.46. The van der Waals surface area contributed by atoms with Gasteiger partial charge in [-0.05, 0) is 0 Å². The number of ether oxygens (including phenoxy) is 1. The number of hydrogen-bond acceptors (Lipinski definition) is 5. The van der Waals surface area contributed by atoms with E-state index in [9.17, 15) is 9.59 Å². The number of carbonyl (C=O) groups is 2. The van der Waals surface area contributed by atoms with E-state index in [1.165, 1.54) is 19.2 Å². The van der Waals surface area contributed by atoms with Crippen LogP contribution in [0.25, 0.3) is 0 Å². The van der Waals surface area contributed by atoms with Gasteiger partial charge in [0.25, 0.3) is 0 Å². The van der Waals surface area contributed by atoms with E-state index in [0.29, 0.717) is 0 Å². The molecular formula is C4H7NO5. The summed E-state index contributed by atoms with van der Waals surface area (Å²) in [5, 5.41) is 7.89. The van der Waals surface area contributed by atoms with E-state index < -0.39 is 11.9 Å². The number of nitrogens with zero attached hydrogens (tertiary/aromatic N) is 1. The van der Waals surface area contributed by atoms with Crippen LogP contribution in [0.5, 0.6) is 0 Å². The Morgan fingerprint density at radius 2 is 1.50 bits per heavy atom. The van der Waals surface area contributed by atoms with Gasteiger partial charge in [0.15, 0.2) is 5.34 Å². The van der Waals surface area contributed by atoms with Gasteiger partial charge in [-0.15, -0.1) is 4.91 Å². The van der Waals surface area contributed by atoms with Crippen molar-refractivity contribution in [2.45, 2.75) is 13.8 Å². The van der Waals surface area contributed by atoms with Gasteiger partial charge in [0.05, 0.1) is 0 Å². The lowest BCUT2D eigenvalue weighted by atomic mass is 10.7. The van der Waals surface area contributed by atoms with Crippen LogP contribution in [0.15, 0.2) is 5.34 Å². The molecule has 1 N–H and O–H groups in total. The van der Waals surface area contributed by atoms with Crippen molar-refractivity contribution >= 4 is 11.9 Å². The summed E-state index contributed by atoms with van der Waals surface area (Å²) >= 11 is 0. The van der Waals surface area contributed by atoms with Crippen molar-refractivity contribution in [2.75, 3.05) is 0 Å². The molecule has 0 aromatic rings. The van der Waals surface area contributed by atoms with Crippen LogP contribution in [-0.4, -0.2) is 17.1 Å². The standard InChI is InChI=1S/C4H6O3.HNO2/c1-3(5)7-4(2)6;2-1-3/h1-2H3;(H,2,3). The van der Waals surface area contributed by atoms with E-state index in [2.05, 4.69) is 4.74 Å². The summed E-state index contributed by atoms with van der Waals surface area (Å²) in [6.45, 7) is 2.36. The predicted molar refractivity (Wildman–Crippen MR) is 30.0 cm³/mol. The summed E-state index contributed by atoms with van der Waals surface area (Å²) < 4.78 is 3.97. The highest BCUT2D eigenvalue weighted by atomic mass is 16.6. The summed E-state index contributed by atoms with van der Waals surface area (Å²) in [4.78, 5) is 27.7. The second-order valence-electron chi connectivity index (χ2n) is 1.17. The molecule has 6 heteroatoms. The van der Waals surface area contributed by atoms with Crippen LogP contribution < -0.4 is 0 Å². The molecule has 0 saturated carbocycles. The molecule has 0 aromatic carbocycles. The third-order valence-corrected chi connectivity index (χ3v) is 0.287. The third kappa shape index (κ3) is 31.1. The van der Waals surface area contributed by atoms with E-state index >= 15 is 0 Å². The van der Waals surface area contributed by atoms with Gasteiger partial charge in [-0.25, -0.2) is 0 Å². The van der Waals surface area contributed by atoms with Crippen LogP contribution >= 0.6 is 0 Å². The normalized spacial score (nSPS) is 6.60. The lowest BCUT2D eigenvalue weighted by Crippen LogP contribution is -2.03. The van der Waals surface area contributed by atoms with E-state index in [1.54, 1.807) is 0 Å². The highest BCUT2D eigenvalue weighted by Crippen LogP contribution is 1.73. The molecule has 10 heavy (non-hydrogen) atoms. The second-order valence-corrected chi connectivity index (χ2v) is 1.17. The predicted octanol–water partition coefficient (Wildman–Crippen LogP) is 0.238. The third-order valence-electron chi connectivity index (χ3n) is 0.287. The minimum atomic E-state index is -0.562. The molecule has 0 fully saturated rings. The molecule has 0 unspecified atom stereocenters. The van der Waals surface area contributed by atoms with Crippen LogP contribution in [0, 0.1) is 4.91 Å². The molecular weight excluding hydrogens is 142 g/mol. The Balaban J connectivity index is 0. The van der Waals surface area contributed by atoms with E-state index in [4.69, 9.17) is 10.1 Å². The molecule has 0 amide bonds. The highest BCUT2D eigenvalue weighted by Gasteiger charge is 1.93. The van der Waals surface area contributed by atoms with Gasteiger partial charge in [0.2, 0.25) is 0 Å². The van der Waals surface area contributed by atoms with Crippen LogP contribution in [0.4, 0.5) is 0 Å². The van der Waals surface area contributed by atoms with Gasteiger partial charge >= 0.3 is 11.9 Å². The van der Waals surface area contributed by atoms with E-state index in [-0.39, 0.29) is 0 Å². The molecule has 0 aliphatic heterocycles. The Bertz CT molecular complexity index is 120. The van der Waals surface area contributed by atoms with Gasteiger partial charge in [-0.2, -0.15) is 0 Å². The lowest BCUT2D eigenvalue weighted by Gasteiger charge is -1.87. The zero-order valence-electron chi connectivity index (χ0n) is 5.53. The Labute approximate surface area is 56.7 Å². The molecule has 0 heterocycles. The first-order valence-electron chi connectivity index (χ1n) is 2.20. The van der Waals surface area contributed by atoms with Gasteiger partial charge < -0.3 is 9.94 Å². The Kier molecular flexibility index (Phi) is 8.56. The fourth-order valence-electron chi connectivity index (χ4n) is 0.202. The van der Waals surface area contributed by atoms with Gasteiger partial charge in [0.1, 0.15) is 0 Å². The van der Waals surface area contributed by atoms with Crippen molar-refractivity contribution in [3.05, 3.63) is 4.91 Å². The summed E-state index contributed by atoms with van der Waals surface area (Å²) in [6, 6.07) is 0. The summed E-state index contributed by atoms with van der Waals surface area (Å²) in [5.74, 6) is -1.12. The average molecular weight is 149 g/mol. The molecule has 0 atom stereocenters. The first kappa shape index (κ1) is 11.4. The van der Waals surface area contributed by atoms with Gasteiger partial charge in [-0.3, -0.25) is 9.59 Å². The van der Waals surface area contributed by atoms with Crippen molar-refractivity contribution in [3.63, 3.8) is 0 Å². The molecule has 0 aromatic heterocycles. The summed E-state index contributed by atoms with van der Waals surface area (Å²) in [7, 11) is 0. The minimum absolute atomic E-state index is 0.562. The van der Waals surface area contributed by atoms with E-state index in [1.807, 2.05) is 0 Å². The SMILES string of the molecule is CC(=O)OC(C)=O.O=NO. The molecule has 58 valence electrons. The maximum atomic E-state index is 9.81. The van der Waals surface area contributed by atoms with Crippen molar-refractivity contribution < 1.29 is 19.5 Å². The average Bonchev–Trinajstić information content (AvgIpc) is 1.62. The molecule has 0 saturated heterocycles. The maximum Gasteiger partial charge on any atom is 0.310 e. The number of rotatable bonds is 0. The second kappa shape index (κ2) is 7.54. The zero-order chi connectivity index (χ0) is 8.57. The van der Waals surface area contributed by atoms with Crippen LogP contribution in [0.2, 0.25) is 0 Å². The molecule has 0 aliphatic carbocycles. The summed E-state index contributed by atoms with van der Waals surface area (Å²) in [5.41, 5.74) is 0. The zero-order valence-corrected chi connectivity index (χ0v) is 5.53. The molecule has 0 spiro atoms. The largest absolute Gasteiger partial charge is 0.394 e. The smallest absolute Gasteiger partial charge is 0.310 e. The molecule has 0 bridgehead atoms. The number of hydrogen-bond donors (Lipinski definition) is 1. The summed E-state index contributed by atoms with van der Waals surface area (Å²) in [6.07, 6.45) is 0. The monoisotopic (exact) mass is 149 g/mol.